The van der Waals surface area contributed by atoms with E-state index in [0.717, 1.165) is 12.0 Å². The van der Waals surface area contributed by atoms with Crippen molar-refractivity contribution in [2.24, 2.45) is 22.4 Å². The molecule has 0 aromatic heterocycles. The van der Waals surface area contributed by atoms with Crippen molar-refractivity contribution in [2.45, 2.75) is 32.6 Å². The zero-order valence-electron chi connectivity index (χ0n) is 12.2. The third kappa shape index (κ3) is 2.56. The van der Waals surface area contributed by atoms with Crippen LogP contribution in [0.25, 0.3) is 0 Å². The standard InChI is InChI=1S/C17H19N3O/c1-17-9-3-2-4-14(17)15(17)16(21)20-19-11-13-7-5-12(10-18)6-8-13/h5-8,11,14-15H,2-4,9H2,1H3,(H,20,21)/b19-11-/t14-,15+,17+/m1/s1. The Morgan fingerprint density at radius 3 is 2.81 bits per heavy atom. The SMILES string of the molecule is C[C@]12CCCC[C@@H]1[C@H]2C(=O)N/N=C\c1ccc(C#N)cc1. The summed E-state index contributed by atoms with van der Waals surface area (Å²) in [6.07, 6.45) is 6.44. The molecule has 108 valence electrons. The summed E-state index contributed by atoms with van der Waals surface area (Å²) in [5, 5.41) is 12.8. The van der Waals surface area contributed by atoms with Crippen LogP contribution >= 0.6 is 0 Å². The molecule has 0 radical (unpaired) electrons. The summed E-state index contributed by atoms with van der Waals surface area (Å²) in [6, 6.07) is 9.17. The van der Waals surface area contributed by atoms with E-state index in [2.05, 4.69) is 23.5 Å². The van der Waals surface area contributed by atoms with Crippen LogP contribution in [0, 0.1) is 28.6 Å². The van der Waals surface area contributed by atoms with Gasteiger partial charge in [0.2, 0.25) is 5.91 Å². The van der Waals surface area contributed by atoms with E-state index in [9.17, 15) is 4.79 Å². The largest absolute Gasteiger partial charge is 0.273 e. The molecule has 2 saturated carbocycles. The number of hydrogen-bond donors (Lipinski definition) is 1. The Balaban J connectivity index is 1.56. The number of nitrogens with one attached hydrogen (secondary N) is 1. The summed E-state index contributed by atoms with van der Waals surface area (Å²) >= 11 is 0. The van der Waals surface area contributed by atoms with E-state index >= 15 is 0 Å². The third-order valence-electron chi connectivity index (χ3n) is 5.04. The molecule has 1 aromatic rings. The van der Waals surface area contributed by atoms with E-state index < -0.39 is 0 Å². The third-order valence-corrected chi connectivity index (χ3v) is 5.04. The van der Waals surface area contributed by atoms with Gasteiger partial charge in [-0.3, -0.25) is 4.79 Å². The molecule has 21 heavy (non-hydrogen) atoms. The van der Waals surface area contributed by atoms with Crippen molar-refractivity contribution in [1.82, 2.24) is 5.43 Å². The number of carbonyl (C=O) groups excluding carboxylic acids is 1. The van der Waals surface area contributed by atoms with Crippen LogP contribution in [0.5, 0.6) is 0 Å². The van der Waals surface area contributed by atoms with Crippen molar-refractivity contribution in [3.05, 3.63) is 35.4 Å². The van der Waals surface area contributed by atoms with Gasteiger partial charge >= 0.3 is 0 Å². The van der Waals surface area contributed by atoms with Gasteiger partial charge in [-0.25, -0.2) is 5.43 Å². The molecule has 0 saturated heterocycles. The van der Waals surface area contributed by atoms with Gasteiger partial charge in [0.05, 0.1) is 17.8 Å². The number of hydrogen-bond acceptors (Lipinski definition) is 3. The van der Waals surface area contributed by atoms with Crippen molar-refractivity contribution < 1.29 is 4.79 Å². The van der Waals surface area contributed by atoms with Crippen molar-refractivity contribution in [1.29, 1.82) is 5.26 Å². The molecular formula is C17H19N3O. The maximum atomic E-state index is 12.2. The van der Waals surface area contributed by atoms with E-state index in [0.29, 0.717) is 11.5 Å². The lowest BCUT2D eigenvalue weighted by Crippen LogP contribution is -2.22. The molecule has 1 aromatic carbocycles. The molecule has 1 amide bonds. The zero-order valence-corrected chi connectivity index (χ0v) is 12.2. The molecule has 0 unspecified atom stereocenters. The summed E-state index contributed by atoms with van der Waals surface area (Å²) in [5.74, 6) is 0.740. The summed E-state index contributed by atoms with van der Waals surface area (Å²) in [4.78, 5) is 12.2. The van der Waals surface area contributed by atoms with Crippen LogP contribution in [-0.2, 0) is 4.79 Å². The minimum absolute atomic E-state index is 0.0503. The van der Waals surface area contributed by atoms with Crippen molar-refractivity contribution >= 4 is 12.1 Å². The average Bonchev–Trinajstić information content (AvgIpc) is 3.13. The summed E-state index contributed by atoms with van der Waals surface area (Å²) in [6.45, 7) is 2.23. The van der Waals surface area contributed by atoms with Gasteiger partial charge in [0.25, 0.3) is 0 Å². The molecule has 0 heterocycles. The molecule has 1 N–H and O–H groups in total. The number of carbonyl (C=O) groups is 1. The fourth-order valence-electron chi connectivity index (χ4n) is 3.73. The lowest BCUT2D eigenvalue weighted by molar-refractivity contribution is -0.123. The number of amides is 1. The normalized spacial score (nSPS) is 30.5. The van der Waals surface area contributed by atoms with Gasteiger partial charge in [0, 0.05) is 5.92 Å². The predicted octanol–water partition coefficient (Wildman–Crippen LogP) is 2.83. The molecule has 4 heteroatoms. The van der Waals surface area contributed by atoms with Crippen molar-refractivity contribution in [3.63, 3.8) is 0 Å². The Bertz CT molecular complexity index is 614. The van der Waals surface area contributed by atoms with Crippen LogP contribution in [-0.4, -0.2) is 12.1 Å². The number of nitrogens with zero attached hydrogens (tertiary/aromatic N) is 2. The van der Waals surface area contributed by atoms with E-state index in [1.807, 2.05) is 12.1 Å². The van der Waals surface area contributed by atoms with Gasteiger partial charge in [-0.15, -0.1) is 0 Å². The molecule has 2 fully saturated rings. The number of rotatable bonds is 3. The van der Waals surface area contributed by atoms with Gasteiger partial charge in [-0.1, -0.05) is 31.9 Å². The Labute approximate surface area is 124 Å². The maximum Gasteiger partial charge on any atom is 0.244 e. The first-order valence-corrected chi connectivity index (χ1v) is 7.48. The first-order chi connectivity index (χ1) is 10.1. The Morgan fingerprint density at radius 1 is 1.43 bits per heavy atom. The maximum absolute atomic E-state index is 12.2. The molecule has 0 spiro atoms. The monoisotopic (exact) mass is 281 g/mol. The number of nitriles is 1. The Morgan fingerprint density at radius 2 is 2.19 bits per heavy atom. The van der Waals surface area contributed by atoms with E-state index in [4.69, 9.17) is 5.26 Å². The van der Waals surface area contributed by atoms with Crippen molar-refractivity contribution in [2.75, 3.05) is 0 Å². The molecule has 0 bridgehead atoms. The minimum atomic E-state index is 0.0503. The number of hydrazone groups is 1. The highest BCUT2D eigenvalue weighted by atomic mass is 16.2. The van der Waals surface area contributed by atoms with Gasteiger partial charge < -0.3 is 0 Å². The van der Waals surface area contributed by atoms with E-state index in [1.165, 1.54) is 19.3 Å². The second-order valence-electron chi connectivity index (χ2n) is 6.30. The van der Waals surface area contributed by atoms with Crippen LogP contribution in [0.1, 0.15) is 43.7 Å². The molecule has 4 nitrogen and oxygen atoms in total. The highest BCUT2D eigenvalue weighted by Gasteiger charge is 2.64. The number of benzene rings is 1. The van der Waals surface area contributed by atoms with E-state index in [1.54, 1.807) is 18.3 Å². The second kappa shape index (κ2) is 5.33. The molecular weight excluding hydrogens is 262 g/mol. The predicted molar refractivity (Wildman–Crippen MR) is 80.4 cm³/mol. The Kier molecular flexibility index (Phi) is 3.50. The van der Waals surface area contributed by atoms with Crippen molar-refractivity contribution in [3.8, 4) is 6.07 Å². The average molecular weight is 281 g/mol. The summed E-state index contributed by atoms with van der Waals surface area (Å²) < 4.78 is 0. The van der Waals surface area contributed by atoms with Gasteiger partial charge in [0.15, 0.2) is 0 Å². The van der Waals surface area contributed by atoms with Crippen LogP contribution in [0.15, 0.2) is 29.4 Å². The summed E-state index contributed by atoms with van der Waals surface area (Å²) in [5.41, 5.74) is 4.37. The minimum Gasteiger partial charge on any atom is -0.273 e. The molecule has 2 aliphatic carbocycles. The first-order valence-electron chi connectivity index (χ1n) is 7.48. The topological polar surface area (TPSA) is 65.2 Å². The lowest BCUT2D eigenvalue weighted by atomic mass is 9.90. The fourth-order valence-corrected chi connectivity index (χ4v) is 3.73. The molecule has 0 aliphatic heterocycles. The van der Waals surface area contributed by atoms with Crippen LogP contribution < -0.4 is 5.43 Å². The smallest absolute Gasteiger partial charge is 0.244 e. The molecule has 3 atom stereocenters. The van der Waals surface area contributed by atoms with Crippen LogP contribution in [0.3, 0.4) is 0 Å². The highest BCUT2D eigenvalue weighted by Crippen LogP contribution is 2.66. The van der Waals surface area contributed by atoms with Crippen LogP contribution in [0.2, 0.25) is 0 Å². The highest BCUT2D eigenvalue weighted by molar-refractivity contribution is 5.85. The van der Waals surface area contributed by atoms with Gasteiger partial charge in [-0.2, -0.15) is 10.4 Å². The molecule has 3 rings (SSSR count). The fraction of sp³-hybridized carbons (Fsp3) is 0.471. The number of fused-ring (bicyclic) bond motifs is 1. The van der Waals surface area contributed by atoms with Gasteiger partial charge in [0.1, 0.15) is 0 Å². The zero-order chi connectivity index (χ0) is 14.9. The second-order valence-corrected chi connectivity index (χ2v) is 6.30. The van der Waals surface area contributed by atoms with E-state index in [-0.39, 0.29) is 17.2 Å². The lowest BCUT2D eigenvalue weighted by Gasteiger charge is -2.15. The van der Waals surface area contributed by atoms with Gasteiger partial charge in [-0.05, 0) is 41.9 Å². The first kappa shape index (κ1) is 13.8. The van der Waals surface area contributed by atoms with Crippen LogP contribution in [0.4, 0.5) is 0 Å². The molecule has 2 aliphatic rings. The quantitative estimate of drug-likeness (QED) is 0.684. The summed E-state index contributed by atoms with van der Waals surface area (Å²) in [7, 11) is 0. The Hall–Kier alpha value is -2.15.